The number of benzene rings is 1. The van der Waals surface area contributed by atoms with Crippen LogP contribution in [-0.4, -0.2) is 34.7 Å². The predicted octanol–water partition coefficient (Wildman–Crippen LogP) is 2.77. The Morgan fingerprint density at radius 3 is 2.81 bits per heavy atom. The molecule has 2 aromatic rings. The highest BCUT2D eigenvalue weighted by Gasteiger charge is 2.26. The van der Waals surface area contributed by atoms with E-state index in [1.165, 1.54) is 5.56 Å². The maximum atomic E-state index is 5.80. The molecule has 3 rings (SSSR count). The van der Waals surface area contributed by atoms with Crippen LogP contribution in [-0.2, 0) is 11.3 Å². The molecule has 0 bridgehead atoms. The first-order chi connectivity index (χ1) is 10.2. The molecule has 1 aromatic heterocycles. The van der Waals surface area contributed by atoms with Crippen LogP contribution in [0, 0.1) is 0 Å². The lowest BCUT2D eigenvalue weighted by Crippen LogP contribution is -2.38. The van der Waals surface area contributed by atoms with Gasteiger partial charge in [0.25, 0.3) is 0 Å². The van der Waals surface area contributed by atoms with Crippen molar-refractivity contribution in [2.75, 3.05) is 19.7 Å². The van der Waals surface area contributed by atoms with Gasteiger partial charge < -0.3 is 9.26 Å². The summed E-state index contributed by atoms with van der Waals surface area (Å²) in [4.78, 5) is 6.82. The topological polar surface area (TPSA) is 51.4 Å². The highest BCUT2D eigenvalue weighted by molar-refractivity contribution is 5.14. The molecule has 0 amide bonds. The number of nitrogens with zero attached hydrogens (tertiary/aromatic N) is 3. The van der Waals surface area contributed by atoms with Gasteiger partial charge in [-0.3, -0.25) is 4.90 Å². The highest BCUT2D eigenvalue weighted by Crippen LogP contribution is 2.22. The molecule has 1 atom stereocenters. The average Bonchev–Trinajstić information content (AvgIpc) is 2.99. The van der Waals surface area contributed by atoms with Gasteiger partial charge in [0.15, 0.2) is 0 Å². The summed E-state index contributed by atoms with van der Waals surface area (Å²) >= 11 is 0. The van der Waals surface area contributed by atoms with Crippen LogP contribution in [0.25, 0.3) is 0 Å². The number of hydrogen-bond donors (Lipinski definition) is 0. The lowest BCUT2D eigenvalue weighted by atomic mass is 10.2. The summed E-state index contributed by atoms with van der Waals surface area (Å²) in [5.74, 6) is 1.58. The van der Waals surface area contributed by atoms with Crippen LogP contribution in [0.15, 0.2) is 34.9 Å². The lowest BCUT2D eigenvalue weighted by Gasteiger charge is -2.31. The smallest absolute Gasteiger partial charge is 0.229 e. The van der Waals surface area contributed by atoms with Crippen molar-refractivity contribution in [3.8, 4) is 0 Å². The van der Waals surface area contributed by atoms with Crippen molar-refractivity contribution in [2.45, 2.75) is 32.4 Å². The van der Waals surface area contributed by atoms with Crippen molar-refractivity contribution in [3.63, 3.8) is 0 Å². The second-order valence-electron chi connectivity index (χ2n) is 5.73. The summed E-state index contributed by atoms with van der Waals surface area (Å²) in [7, 11) is 0. The quantitative estimate of drug-likeness (QED) is 0.865. The van der Waals surface area contributed by atoms with E-state index in [2.05, 4.69) is 39.3 Å². The van der Waals surface area contributed by atoms with Crippen molar-refractivity contribution in [1.82, 2.24) is 15.0 Å². The molecule has 1 saturated heterocycles. The third-order valence-electron chi connectivity index (χ3n) is 3.64. The van der Waals surface area contributed by atoms with E-state index in [0.717, 1.165) is 19.6 Å². The number of aromatic nitrogens is 2. The van der Waals surface area contributed by atoms with E-state index < -0.39 is 0 Å². The minimum atomic E-state index is -0.0984. The zero-order valence-electron chi connectivity index (χ0n) is 12.5. The molecule has 1 aliphatic rings. The summed E-state index contributed by atoms with van der Waals surface area (Å²) in [6.45, 7) is 7.44. The van der Waals surface area contributed by atoms with Gasteiger partial charge in [-0.1, -0.05) is 49.3 Å². The molecule has 1 aromatic carbocycles. The van der Waals surface area contributed by atoms with Crippen LogP contribution in [0.4, 0.5) is 0 Å². The maximum Gasteiger partial charge on any atom is 0.229 e. The van der Waals surface area contributed by atoms with Crippen LogP contribution in [0.3, 0.4) is 0 Å². The van der Waals surface area contributed by atoms with Crippen molar-refractivity contribution in [2.24, 2.45) is 0 Å². The molecule has 5 heteroatoms. The Balaban J connectivity index is 1.65. The molecule has 5 nitrogen and oxygen atoms in total. The summed E-state index contributed by atoms with van der Waals surface area (Å²) in [5.41, 5.74) is 1.31. The Hall–Kier alpha value is -1.72. The molecule has 0 spiro atoms. The molecule has 112 valence electrons. The largest absolute Gasteiger partial charge is 0.367 e. The molecule has 0 N–H and O–H groups in total. The third-order valence-corrected chi connectivity index (χ3v) is 3.64. The number of morpholine rings is 1. The van der Waals surface area contributed by atoms with Crippen LogP contribution < -0.4 is 0 Å². The molecule has 0 aliphatic carbocycles. The van der Waals surface area contributed by atoms with Crippen molar-refractivity contribution in [1.29, 1.82) is 0 Å². The van der Waals surface area contributed by atoms with Crippen LogP contribution >= 0.6 is 0 Å². The van der Waals surface area contributed by atoms with Gasteiger partial charge in [-0.15, -0.1) is 0 Å². The predicted molar refractivity (Wildman–Crippen MR) is 78.8 cm³/mol. The molecule has 1 aliphatic heterocycles. The number of hydrogen-bond acceptors (Lipinski definition) is 5. The molecule has 21 heavy (non-hydrogen) atoms. The summed E-state index contributed by atoms with van der Waals surface area (Å²) in [6, 6.07) is 10.5. The molecule has 1 unspecified atom stereocenters. The van der Waals surface area contributed by atoms with Crippen molar-refractivity contribution >= 4 is 0 Å². The Morgan fingerprint density at radius 1 is 1.29 bits per heavy atom. The molecule has 0 saturated carbocycles. The normalized spacial score (nSPS) is 20.0. The monoisotopic (exact) mass is 287 g/mol. The van der Waals surface area contributed by atoms with E-state index in [1.807, 2.05) is 19.9 Å². The highest BCUT2D eigenvalue weighted by atomic mass is 16.5. The van der Waals surface area contributed by atoms with Gasteiger partial charge in [0.1, 0.15) is 6.10 Å². The zero-order chi connectivity index (χ0) is 14.7. The number of ether oxygens (including phenoxy) is 1. The fourth-order valence-electron chi connectivity index (χ4n) is 2.46. The maximum absolute atomic E-state index is 5.80. The first kappa shape index (κ1) is 14.2. The Bertz CT molecular complexity index is 568. The molecule has 1 fully saturated rings. The van der Waals surface area contributed by atoms with Gasteiger partial charge in [-0.2, -0.15) is 4.98 Å². The fraction of sp³-hybridized carbons (Fsp3) is 0.500. The molecule has 0 radical (unpaired) electrons. The van der Waals surface area contributed by atoms with E-state index in [0.29, 0.717) is 18.3 Å². The molecule has 2 heterocycles. The van der Waals surface area contributed by atoms with Gasteiger partial charge in [-0.05, 0) is 5.56 Å². The summed E-state index contributed by atoms with van der Waals surface area (Å²) in [5, 5.41) is 4.06. The lowest BCUT2D eigenvalue weighted by molar-refractivity contribution is -0.0380. The van der Waals surface area contributed by atoms with Crippen LogP contribution in [0.1, 0.15) is 43.1 Å². The average molecular weight is 287 g/mol. The van der Waals surface area contributed by atoms with E-state index in [4.69, 9.17) is 9.26 Å². The van der Waals surface area contributed by atoms with Crippen molar-refractivity contribution in [3.05, 3.63) is 47.6 Å². The molecular weight excluding hydrogens is 266 g/mol. The van der Waals surface area contributed by atoms with Gasteiger partial charge >= 0.3 is 0 Å². The Labute approximate surface area is 124 Å². The van der Waals surface area contributed by atoms with E-state index in [-0.39, 0.29) is 12.0 Å². The van der Waals surface area contributed by atoms with Gasteiger partial charge in [0.2, 0.25) is 11.7 Å². The van der Waals surface area contributed by atoms with E-state index in [1.54, 1.807) is 0 Å². The Kier molecular flexibility index (Phi) is 4.31. The minimum Gasteiger partial charge on any atom is -0.367 e. The summed E-state index contributed by atoms with van der Waals surface area (Å²) < 4.78 is 11.1. The minimum absolute atomic E-state index is 0.0984. The van der Waals surface area contributed by atoms with Gasteiger partial charge in [-0.25, -0.2) is 0 Å². The van der Waals surface area contributed by atoms with Gasteiger partial charge in [0, 0.05) is 25.6 Å². The van der Waals surface area contributed by atoms with Crippen molar-refractivity contribution < 1.29 is 9.26 Å². The Morgan fingerprint density at radius 2 is 2.10 bits per heavy atom. The SMILES string of the molecule is CC(C)c1nc(C2CN(Cc3ccccc3)CCO2)no1. The van der Waals surface area contributed by atoms with Gasteiger partial charge in [0.05, 0.1) is 6.61 Å². The third kappa shape index (κ3) is 3.49. The van der Waals surface area contributed by atoms with Crippen LogP contribution in [0.2, 0.25) is 0 Å². The van der Waals surface area contributed by atoms with E-state index >= 15 is 0 Å². The van der Waals surface area contributed by atoms with E-state index in [9.17, 15) is 0 Å². The standard InChI is InChI=1S/C16H21N3O2/c1-12(2)16-17-15(18-21-16)14-11-19(8-9-20-14)10-13-6-4-3-5-7-13/h3-7,12,14H,8-11H2,1-2H3. The number of rotatable bonds is 4. The first-order valence-corrected chi connectivity index (χ1v) is 7.44. The molecular formula is C16H21N3O2. The summed E-state index contributed by atoms with van der Waals surface area (Å²) in [6.07, 6.45) is -0.0984. The second kappa shape index (κ2) is 6.37. The first-order valence-electron chi connectivity index (χ1n) is 7.44. The zero-order valence-corrected chi connectivity index (χ0v) is 12.5. The second-order valence-corrected chi connectivity index (χ2v) is 5.73. The van der Waals surface area contributed by atoms with Crippen LogP contribution in [0.5, 0.6) is 0 Å². The fourth-order valence-corrected chi connectivity index (χ4v) is 2.46.